The van der Waals surface area contributed by atoms with Gasteiger partial charge in [-0.2, -0.15) is 0 Å². The van der Waals surface area contributed by atoms with Crippen LogP contribution in [0.15, 0.2) is 23.0 Å². The van der Waals surface area contributed by atoms with Crippen molar-refractivity contribution >= 4 is 22.5 Å². The number of hydrogen-bond donors (Lipinski definition) is 1. The van der Waals surface area contributed by atoms with Crippen LogP contribution in [0.5, 0.6) is 5.75 Å². The lowest BCUT2D eigenvalue weighted by Crippen LogP contribution is -2.22. The van der Waals surface area contributed by atoms with Crippen LogP contribution in [0.1, 0.15) is 5.69 Å². The minimum absolute atomic E-state index is 0.0926. The molecule has 7 heteroatoms. The fourth-order valence-electron chi connectivity index (χ4n) is 2.17. The van der Waals surface area contributed by atoms with Crippen molar-refractivity contribution in [1.82, 2.24) is 4.98 Å². The first-order valence-corrected chi connectivity index (χ1v) is 7.50. The zero-order valence-electron chi connectivity index (χ0n) is 13.3. The van der Waals surface area contributed by atoms with Crippen molar-refractivity contribution < 1.29 is 18.9 Å². The van der Waals surface area contributed by atoms with E-state index in [-0.39, 0.29) is 12.0 Å². The summed E-state index contributed by atoms with van der Waals surface area (Å²) < 4.78 is 20.8. The highest BCUT2D eigenvalue weighted by molar-refractivity contribution is 6.36. The molecule has 0 fully saturated rings. The summed E-state index contributed by atoms with van der Waals surface area (Å²) in [5, 5.41) is 0.864. The summed E-state index contributed by atoms with van der Waals surface area (Å²) in [5.74, 6) is 0.456. The summed E-state index contributed by atoms with van der Waals surface area (Å²) in [6.45, 7) is 0.699. The van der Waals surface area contributed by atoms with Crippen molar-refractivity contribution in [2.24, 2.45) is 0 Å². The zero-order chi connectivity index (χ0) is 16.8. The summed E-state index contributed by atoms with van der Waals surface area (Å²) >= 11 is 6.38. The molecule has 1 aromatic carbocycles. The van der Waals surface area contributed by atoms with Gasteiger partial charge in [-0.25, -0.2) is 0 Å². The van der Waals surface area contributed by atoms with Crippen LogP contribution >= 0.6 is 11.6 Å². The van der Waals surface area contributed by atoms with Crippen LogP contribution in [0.2, 0.25) is 5.02 Å². The third-order valence-corrected chi connectivity index (χ3v) is 3.81. The number of nitrogens with one attached hydrogen (secondary N) is 1. The number of methoxy groups -OCH3 is 3. The number of benzene rings is 1. The second-order valence-electron chi connectivity index (χ2n) is 4.91. The molecule has 1 N–H and O–H groups in total. The molecule has 1 heterocycles. The van der Waals surface area contributed by atoms with Crippen molar-refractivity contribution in [3.63, 3.8) is 0 Å². The van der Waals surface area contributed by atoms with E-state index in [9.17, 15) is 4.79 Å². The summed E-state index contributed by atoms with van der Waals surface area (Å²) in [4.78, 5) is 15.4. The summed E-state index contributed by atoms with van der Waals surface area (Å²) in [7, 11) is 4.66. The number of aromatic amines is 1. The molecule has 0 spiro atoms. The largest absolute Gasteiger partial charge is 0.487 e. The van der Waals surface area contributed by atoms with Gasteiger partial charge in [-0.15, -0.1) is 0 Å². The molecule has 0 unspecified atom stereocenters. The Morgan fingerprint density at radius 2 is 1.96 bits per heavy atom. The van der Waals surface area contributed by atoms with Crippen LogP contribution in [0.25, 0.3) is 10.9 Å². The van der Waals surface area contributed by atoms with Crippen LogP contribution in [-0.4, -0.2) is 45.8 Å². The minimum atomic E-state index is -0.492. The van der Waals surface area contributed by atoms with Crippen LogP contribution in [0.4, 0.5) is 0 Å². The SMILES string of the molecule is COCCc1cc(=O)c2ccc(OCC(OC)OC)c(Cl)c2[nH]1. The molecule has 0 atom stereocenters. The first kappa shape index (κ1) is 17.7. The normalized spacial score (nSPS) is 11.3. The maximum atomic E-state index is 12.2. The highest BCUT2D eigenvalue weighted by Gasteiger charge is 2.13. The third-order valence-electron chi connectivity index (χ3n) is 3.44. The van der Waals surface area contributed by atoms with Gasteiger partial charge in [-0.1, -0.05) is 11.6 Å². The highest BCUT2D eigenvalue weighted by Crippen LogP contribution is 2.30. The van der Waals surface area contributed by atoms with Crippen molar-refractivity contribution in [2.75, 3.05) is 34.5 Å². The fourth-order valence-corrected chi connectivity index (χ4v) is 2.43. The Labute approximate surface area is 139 Å². The van der Waals surface area contributed by atoms with E-state index in [2.05, 4.69) is 4.98 Å². The molecule has 0 aliphatic carbocycles. The summed E-state index contributed by atoms with van der Waals surface area (Å²) in [5.41, 5.74) is 1.22. The number of H-pyrrole nitrogens is 1. The van der Waals surface area contributed by atoms with E-state index in [4.69, 9.17) is 30.5 Å². The minimum Gasteiger partial charge on any atom is -0.487 e. The molecule has 0 aliphatic rings. The molecule has 0 aliphatic heterocycles. The van der Waals surface area contributed by atoms with Crippen molar-refractivity contribution in [2.45, 2.75) is 12.7 Å². The first-order chi connectivity index (χ1) is 11.1. The molecule has 6 nitrogen and oxygen atoms in total. The van der Waals surface area contributed by atoms with E-state index >= 15 is 0 Å². The van der Waals surface area contributed by atoms with E-state index in [0.717, 1.165) is 5.69 Å². The Bertz CT molecular complexity index is 711. The average Bonchev–Trinajstić information content (AvgIpc) is 2.56. The predicted octanol–water partition coefficient (Wildman–Crippen LogP) is 2.37. The molecule has 0 radical (unpaired) electrons. The fraction of sp³-hybridized carbons (Fsp3) is 0.438. The van der Waals surface area contributed by atoms with Gasteiger partial charge in [0.2, 0.25) is 0 Å². The number of halogens is 1. The smallest absolute Gasteiger partial charge is 0.191 e. The number of ether oxygens (including phenoxy) is 4. The molecule has 2 rings (SSSR count). The van der Waals surface area contributed by atoms with Gasteiger partial charge in [-0.05, 0) is 12.1 Å². The number of pyridine rings is 1. The Morgan fingerprint density at radius 3 is 2.61 bits per heavy atom. The first-order valence-electron chi connectivity index (χ1n) is 7.12. The van der Waals surface area contributed by atoms with E-state index in [1.165, 1.54) is 14.2 Å². The quantitative estimate of drug-likeness (QED) is 0.746. The van der Waals surface area contributed by atoms with Gasteiger partial charge in [0, 0.05) is 44.9 Å². The molecule has 126 valence electrons. The highest BCUT2D eigenvalue weighted by atomic mass is 35.5. The van der Waals surface area contributed by atoms with Gasteiger partial charge in [-0.3, -0.25) is 4.79 Å². The third kappa shape index (κ3) is 4.23. The van der Waals surface area contributed by atoms with Crippen LogP contribution in [0, 0.1) is 0 Å². The lowest BCUT2D eigenvalue weighted by Gasteiger charge is -2.16. The van der Waals surface area contributed by atoms with E-state index in [0.29, 0.717) is 34.7 Å². The van der Waals surface area contributed by atoms with E-state index in [1.807, 2.05) is 0 Å². The van der Waals surface area contributed by atoms with Gasteiger partial charge in [0.25, 0.3) is 0 Å². The second-order valence-corrected chi connectivity index (χ2v) is 5.29. The maximum absolute atomic E-state index is 12.2. The number of aromatic nitrogens is 1. The number of fused-ring (bicyclic) bond motifs is 1. The summed E-state index contributed by atoms with van der Waals surface area (Å²) in [6, 6.07) is 4.91. The standard InChI is InChI=1S/C16H20ClNO5/c1-20-7-6-10-8-12(19)11-4-5-13(15(17)16(11)18-10)23-9-14(21-2)22-3/h4-5,8,14H,6-7,9H2,1-3H3,(H,18,19). The van der Waals surface area contributed by atoms with Gasteiger partial charge >= 0.3 is 0 Å². The number of rotatable bonds is 8. The summed E-state index contributed by atoms with van der Waals surface area (Å²) in [6.07, 6.45) is 0.104. The van der Waals surface area contributed by atoms with Gasteiger partial charge < -0.3 is 23.9 Å². The van der Waals surface area contributed by atoms with Crippen LogP contribution in [0.3, 0.4) is 0 Å². The Balaban J connectivity index is 2.34. The molecule has 23 heavy (non-hydrogen) atoms. The molecular weight excluding hydrogens is 322 g/mol. The van der Waals surface area contributed by atoms with Crippen molar-refractivity contribution in [1.29, 1.82) is 0 Å². The number of hydrogen-bond acceptors (Lipinski definition) is 5. The Morgan fingerprint density at radius 1 is 1.22 bits per heavy atom. The zero-order valence-corrected chi connectivity index (χ0v) is 14.1. The van der Waals surface area contributed by atoms with E-state index in [1.54, 1.807) is 25.3 Å². The molecule has 0 saturated heterocycles. The molecule has 1 aromatic heterocycles. The maximum Gasteiger partial charge on any atom is 0.191 e. The predicted molar refractivity (Wildman–Crippen MR) is 88.5 cm³/mol. The van der Waals surface area contributed by atoms with Crippen molar-refractivity contribution in [3.8, 4) is 5.75 Å². The monoisotopic (exact) mass is 341 g/mol. The molecule has 0 bridgehead atoms. The molecular formula is C16H20ClNO5. The average molecular weight is 342 g/mol. The Kier molecular flexibility index (Phi) is 6.41. The lowest BCUT2D eigenvalue weighted by atomic mass is 10.1. The Hall–Kier alpha value is -1.60. The second kappa shape index (κ2) is 8.31. The molecule has 2 aromatic rings. The van der Waals surface area contributed by atoms with Crippen LogP contribution in [-0.2, 0) is 20.6 Å². The lowest BCUT2D eigenvalue weighted by molar-refractivity contribution is -0.121. The van der Waals surface area contributed by atoms with Gasteiger partial charge in [0.1, 0.15) is 17.4 Å². The topological polar surface area (TPSA) is 69.8 Å². The molecule has 0 saturated carbocycles. The van der Waals surface area contributed by atoms with Gasteiger partial charge in [0.05, 0.1) is 12.1 Å². The van der Waals surface area contributed by atoms with Crippen LogP contribution < -0.4 is 10.2 Å². The van der Waals surface area contributed by atoms with Gasteiger partial charge in [0.15, 0.2) is 11.7 Å². The van der Waals surface area contributed by atoms with E-state index < -0.39 is 6.29 Å². The van der Waals surface area contributed by atoms with Crippen molar-refractivity contribution in [3.05, 3.63) is 39.1 Å². The molecule has 0 amide bonds.